The molecule has 45 heavy (non-hydrogen) atoms. The summed E-state index contributed by atoms with van der Waals surface area (Å²) < 4.78 is 4.27. The standard InChI is InChI=1S/C31H49Cl2N5O7/c1-28(2,3)21(36-27(44)37-22(29(4,5)6)26(43)45-30(7,8)9)25(42)38-14-16-18(31(16,32)33)19(38)24(41)35-17(20(39)23(34)40)13-15-11-10-12-15/h15-19,21-22H,10-14H2,1-9H3,(H2,34,40)(H,35,41)(H2,36,37,44)/t16-,17?,18-,19-,21+,22+/m0/s1. The number of fused-ring (bicyclic) bond motifs is 1. The SMILES string of the molecule is CC(C)(C)OC(=O)[C@@H](NC(=O)N[C@H](C(=O)N1C[C@H]2[C@@H]([C@H]1C(=O)NC(CC1CCC1)C(=O)C(N)=O)C2(Cl)Cl)C(C)(C)C)C(C)(C)C. The molecule has 5 N–H and O–H groups in total. The first-order valence-electron chi connectivity index (χ1n) is 15.5. The number of nitrogens with two attached hydrogens (primary N) is 1. The van der Waals surface area contributed by atoms with Gasteiger partial charge in [-0.1, -0.05) is 60.8 Å². The van der Waals surface area contributed by atoms with Gasteiger partial charge in [0.05, 0.1) is 6.04 Å². The van der Waals surface area contributed by atoms with Gasteiger partial charge in [-0.2, -0.15) is 0 Å². The van der Waals surface area contributed by atoms with Crippen molar-refractivity contribution >= 4 is 58.7 Å². The molecule has 3 fully saturated rings. The van der Waals surface area contributed by atoms with Crippen LogP contribution >= 0.6 is 23.2 Å². The first-order chi connectivity index (χ1) is 20.4. The van der Waals surface area contributed by atoms with E-state index in [1.165, 1.54) is 4.90 Å². The van der Waals surface area contributed by atoms with E-state index in [0.29, 0.717) is 0 Å². The Morgan fingerprint density at radius 2 is 1.42 bits per heavy atom. The highest BCUT2D eigenvalue weighted by Crippen LogP contribution is 2.65. The predicted octanol–water partition coefficient (Wildman–Crippen LogP) is 2.82. The van der Waals surface area contributed by atoms with Gasteiger partial charge >= 0.3 is 12.0 Å². The topological polar surface area (TPSA) is 177 Å². The van der Waals surface area contributed by atoms with Crippen LogP contribution < -0.4 is 21.7 Å². The van der Waals surface area contributed by atoms with Gasteiger partial charge in [-0.15, -0.1) is 23.2 Å². The molecule has 0 aromatic rings. The number of piperidine rings is 1. The van der Waals surface area contributed by atoms with Gasteiger partial charge in [-0.3, -0.25) is 19.2 Å². The molecule has 0 aromatic heterocycles. The van der Waals surface area contributed by atoms with Crippen LogP contribution in [0.1, 0.15) is 88.0 Å². The maximum atomic E-state index is 14.2. The third kappa shape index (κ3) is 8.61. The fraction of sp³-hybridized carbons (Fsp3) is 0.806. The Kier molecular flexibility index (Phi) is 10.6. The number of carbonyl (C=O) groups excluding carboxylic acids is 6. The Balaban J connectivity index is 1.84. The lowest BCUT2D eigenvalue weighted by Gasteiger charge is -2.38. The summed E-state index contributed by atoms with van der Waals surface area (Å²) in [5.74, 6) is -4.79. The highest BCUT2D eigenvalue weighted by atomic mass is 35.5. The van der Waals surface area contributed by atoms with Crippen LogP contribution in [0.25, 0.3) is 0 Å². The number of rotatable bonds is 10. The Morgan fingerprint density at radius 3 is 1.87 bits per heavy atom. The van der Waals surface area contributed by atoms with E-state index >= 15 is 0 Å². The predicted molar refractivity (Wildman–Crippen MR) is 169 cm³/mol. The second-order valence-corrected chi connectivity index (χ2v) is 17.3. The molecule has 5 amide bonds. The average molecular weight is 675 g/mol. The van der Waals surface area contributed by atoms with Crippen molar-refractivity contribution < 1.29 is 33.5 Å². The summed E-state index contributed by atoms with van der Waals surface area (Å²) in [6, 6.07) is -5.23. The summed E-state index contributed by atoms with van der Waals surface area (Å²) in [6.45, 7) is 15.8. The minimum absolute atomic E-state index is 0.0457. The second-order valence-electron chi connectivity index (χ2n) is 15.8. The molecule has 6 atom stereocenters. The Morgan fingerprint density at radius 1 is 0.889 bits per heavy atom. The number of amides is 5. The number of esters is 1. The van der Waals surface area contributed by atoms with Crippen LogP contribution in [0.2, 0.25) is 0 Å². The number of ketones is 1. The maximum absolute atomic E-state index is 14.2. The molecule has 3 rings (SSSR count). The Hall–Kier alpha value is -2.60. The van der Waals surface area contributed by atoms with Gasteiger partial charge in [0.2, 0.25) is 17.6 Å². The van der Waals surface area contributed by atoms with E-state index in [1.54, 1.807) is 62.3 Å². The van der Waals surface area contributed by atoms with Crippen molar-refractivity contribution in [2.45, 2.75) is 122 Å². The lowest BCUT2D eigenvalue weighted by Crippen LogP contribution is -2.63. The number of primary amides is 1. The van der Waals surface area contributed by atoms with Crippen molar-refractivity contribution in [3.8, 4) is 0 Å². The molecule has 2 saturated carbocycles. The fourth-order valence-electron chi connectivity index (χ4n) is 5.96. The van der Waals surface area contributed by atoms with Crippen molar-refractivity contribution in [1.82, 2.24) is 20.9 Å². The number of likely N-dealkylation sites (tertiary alicyclic amines) is 1. The molecular weight excluding hydrogens is 625 g/mol. The molecule has 1 unspecified atom stereocenters. The van der Waals surface area contributed by atoms with Crippen LogP contribution in [0.5, 0.6) is 0 Å². The molecule has 254 valence electrons. The summed E-state index contributed by atoms with van der Waals surface area (Å²) in [7, 11) is 0. The summed E-state index contributed by atoms with van der Waals surface area (Å²) in [6.07, 6.45) is 2.99. The molecule has 1 heterocycles. The molecular formula is C31H49Cl2N5O7. The normalized spacial score (nSPS) is 24.7. The van der Waals surface area contributed by atoms with Crippen LogP contribution in [0.3, 0.4) is 0 Å². The van der Waals surface area contributed by atoms with E-state index < -0.39 is 92.3 Å². The number of Topliss-reactive ketones (excluding diaryl/α,β-unsaturated/α-hetero) is 1. The van der Waals surface area contributed by atoms with E-state index in [0.717, 1.165) is 19.3 Å². The minimum Gasteiger partial charge on any atom is -0.458 e. The summed E-state index contributed by atoms with van der Waals surface area (Å²) in [4.78, 5) is 80.0. The number of halogens is 2. The number of hydrogen-bond acceptors (Lipinski definition) is 7. The zero-order valence-corrected chi connectivity index (χ0v) is 29.2. The van der Waals surface area contributed by atoms with Crippen molar-refractivity contribution in [3.63, 3.8) is 0 Å². The van der Waals surface area contributed by atoms with Gasteiger partial charge in [0.15, 0.2) is 0 Å². The van der Waals surface area contributed by atoms with Crippen molar-refractivity contribution in [3.05, 3.63) is 0 Å². The highest BCUT2D eigenvalue weighted by molar-refractivity contribution is 6.51. The van der Waals surface area contributed by atoms with Crippen molar-refractivity contribution in [1.29, 1.82) is 0 Å². The third-order valence-corrected chi connectivity index (χ3v) is 9.79. The number of nitrogens with zero attached hydrogens (tertiary/aromatic N) is 1. The number of urea groups is 1. The van der Waals surface area contributed by atoms with E-state index in [4.69, 9.17) is 33.7 Å². The zero-order chi connectivity index (χ0) is 34.4. The first kappa shape index (κ1) is 36.9. The molecule has 1 saturated heterocycles. The van der Waals surface area contributed by atoms with Crippen LogP contribution in [-0.2, 0) is 28.7 Å². The van der Waals surface area contributed by atoms with Gasteiger partial charge < -0.3 is 31.3 Å². The monoisotopic (exact) mass is 673 g/mol. The van der Waals surface area contributed by atoms with E-state index in [-0.39, 0.29) is 18.9 Å². The van der Waals surface area contributed by atoms with E-state index in [2.05, 4.69) is 16.0 Å². The fourth-order valence-corrected chi connectivity index (χ4v) is 6.79. The lowest BCUT2D eigenvalue weighted by atomic mass is 9.80. The van der Waals surface area contributed by atoms with Crippen LogP contribution in [0.15, 0.2) is 0 Å². The quantitative estimate of drug-likeness (QED) is 0.156. The van der Waals surface area contributed by atoms with E-state index in [1.807, 2.05) is 0 Å². The second kappa shape index (κ2) is 12.9. The maximum Gasteiger partial charge on any atom is 0.329 e. The first-order valence-corrected chi connectivity index (χ1v) is 16.2. The smallest absolute Gasteiger partial charge is 0.329 e. The summed E-state index contributed by atoms with van der Waals surface area (Å²) >= 11 is 13.0. The number of ether oxygens (including phenoxy) is 1. The minimum atomic E-state index is -1.26. The number of hydrogen-bond donors (Lipinski definition) is 4. The number of carbonyl (C=O) groups is 6. The molecule has 14 heteroatoms. The highest BCUT2D eigenvalue weighted by Gasteiger charge is 2.74. The third-order valence-electron chi connectivity index (χ3n) is 8.73. The summed E-state index contributed by atoms with van der Waals surface area (Å²) in [5.41, 5.74) is 2.94. The molecule has 0 bridgehead atoms. The number of alkyl halides is 2. The van der Waals surface area contributed by atoms with Gasteiger partial charge in [-0.25, -0.2) is 9.59 Å². The van der Waals surface area contributed by atoms with Crippen LogP contribution in [0, 0.1) is 28.6 Å². The molecule has 1 aliphatic heterocycles. The van der Waals surface area contributed by atoms with Crippen LogP contribution in [-0.4, -0.2) is 81.1 Å². The van der Waals surface area contributed by atoms with Crippen LogP contribution in [0.4, 0.5) is 4.79 Å². The molecule has 2 aliphatic carbocycles. The largest absolute Gasteiger partial charge is 0.458 e. The molecule has 12 nitrogen and oxygen atoms in total. The zero-order valence-electron chi connectivity index (χ0n) is 27.7. The number of nitrogens with one attached hydrogen (secondary N) is 3. The average Bonchev–Trinajstić information content (AvgIpc) is 3.17. The molecule has 0 aromatic carbocycles. The van der Waals surface area contributed by atoms with Crippen molar-refractivity contribution in [2.24, 2.45) is 34.3 Å². The molecule has 0 spiro atoms. The van der Waals surface area contributed by atoms with E-state index in [9.17, 15) is 28.8 Å². The van der Waals surface area contributed by atoms with Gasteiger partial charge in [0, 0.05) is 18.4 Å². The molecule has 0 radical (unpaired) electrons. The van der Waals surface area contributed by atoms with Gasteiger partial charge in [0.1, 0.15) is 28.1 Å². The van der Waals surface area contributed by atoms with Crippen molar-refractivity contribution in [2.75, 3.05) is 6.54 Å². The lowest BCUT2D eigenvalue weighted by molar-refractivity contribution is -0.160. The Labute approximate surface area is 275 Å². The van der Waals surface area contributed by atoms with Gasteiger partial charge in [-0.05, 0) is 43.9 Å². The summed E-state index contributed by atoms with van der Waals surface area (Å²) in [5, 5.41) is 8.05. The molecule has 3 aliphatic rings. The van der Waals surface area contributed by atoms with Gasteiger partial charge in [0.25, 0.3) is 5.91 Å². The Bertz CT molecular complexity index is 1220.